The van der Waals surface area contributed by atoms with Gasteiger partial charge in [0.1, 0.15) is 0 Å². The van der Waals surface area contributed by atoms with E-state index in [1.54, 1.807) is 0 Å². The van der Waals surface area contributed by atoms with Gasteiger partial charge in [0, 0.05) is 12.6 Å². The maximum absolute atomic E-state index is 12.6. The lowest BCUT2D eigenvalue weighted by Gasteiger charge is -2.39. The first-order valence-corrected chi connectivity index (χ1v) is 7.65. The molecule has 0 bridgehead atoms. The Morgan fingerprint density at radius 3 is 2.78 bits per heavy atom. The first-order chi connectivity index (χ1) is 8.65. The predicted octanol–water partition coefficient (Wildman–Crippen LogP) is 2.48. The zero-order valence-electron chi connectivity index (χ0n) is 11.2. The van der Waals surface area contributed by atoms with Crippen molar-refractivity contribution < 1.29 is 4.79 Å². The number of fused-ring (bicyclic) bond motifs is 1. The number of thiocarbonyl (C=S) groups is 1. The summed E-state index contributed by atoms with van der Waals surface area (Å²) >= 11 is 5.08. The van der Waals surface area contributed by atoms with Crippen LogP contribution in [0, 0.1) is 11.8 Å². The van der Waals surface area contributed by atoms with Gasteiger partial charge in [0.25, 0.3) is 0 Å². The van der Waals surface area contributed by atoms with E-state index in [9.17, 15) is 4.79 Å². The van der Waals surface area contributed by atoms with Crippen molar-refractivity contribution in [3.8, 4) is 0 Å². The Hall–Kier alpha value is -0.640. The first-order valence-electron chi connectivity index (χ1n) is 7.25. The lowest BCUT2D eigenvalue weighted by molar-refractivity contribution is -0.138. The number of carbonyl (C=O) groups is 1. The number of amides is 1. The Labute approximate surface area is 115 Å². The van der Waals surface area contributed by atoms with Gasteiger partial charge in [-0.25, -0.2) is 0 Å². The summed E-state index contributed by atoms with van der Waals surface area (Å²) in [4.78, 5) is 15.1. The molecule has 2 N–H and O–H groups in total. The number of hydrogen-bond acceptors (Lipinski definition) is 2. The van der Waals surface area contributed by atoms with Gasteiger partial charge in [0.2, 0.25) is 5.91 Å². The number of piperidine rings is 1. The van der Waals surface area contributed by atoms with Crippen LogP contribution in [0.15, 0.2) is 0 Å². The summed E-state index contributed by atoms with van der Waals surface area (Å²) in [7, 11) is 0. The summed E-state index contributed by atoms with van der Waals surface area (Å²) < 4.78 is 0. The standard InChI is InChI=1S/C14H24N2OS/c1-2-5-11(13(15)18)14(17)16-9-4-7-10-6-3-8-12(10)16/h10-12H,2-9H2,1H3,(H2,15,18). The van der Waals surface area contributed by atoms with Crippen LogP contribution in [-0.4, -0.2) is 28.4 Å². The highest BCUT2D eigenvalue weighted by atomic mass is 32.1. The average molecular weight is 268 g/mol. The third-order valence-corrected chi connectivity index (χ3v) is 4.78. The minimum Gasteiger partial charge on any atom is -0.393 e. The molecule has 1 aliphatic carbocycles. The van der Waals surface area contributed by atoms with Gasteiger partial charge >= 0.3 is 0 Å². The van der Waals surface area contributed by atoms with Gasteiger partial charge in [-0.1, -0.05) is 32.0 Å². The van der Waals surface area contributed by atoms with Crippen LogP contribution in [0.3, 0.4) is 0 Å². The molecule has 18 heavy (non-hydrogen) atoms. The molecular weight excluding hydrogens is 244 g/mol. The minimum absolute atomic E-state index is 0.195. The van der Waals surface area contributed by atoms with Crippen LogP contribution in [0.2, 0.25) is 0 Å². The van der Waals surface area contributed by atoms with Gasteiger partial charge in [-0.2, -0.15) is 0 Å². The zero-order valence-corrected chi connectivity index (χ0v) is 12.0. The Morgan fingerprint density at radius 1 is 1.39 bits per heavy atom. The fraction of sp³-hybridized carbons (Fsp3) is 0.857. The van der Waals surface area contributed by atoms with Crippen LogP contribution >= 0.6 is 12.2 Å². The molecule has 0 radical (unpaired) electrons. The smallest absolute Gasteiger partial charge is 0.232 e. The zero-order chi connectivity index (χ0) is 13.1. The lowest BCUT2D eigenvalue weighted by atomic mass is 9.90. The molecular formula is C14H24N2OS. The fourth-order valence-electron chi connectivity index (χ4n) is 3.60. The molecule has 4 heteroatoms. The number of likely N-dealkylation sites (tertiary alicyclic amines) is 1. The van der Waals surface area contributed by atoms with Gasteiger partial charge < -0.3 is 10.6 Å². The van der Waals surface area contributed by atoms with E-state index >= 15 is 0 Å². The van der Waals surface area contributed by atoms with Crippen molar-refractivity contribution in [1.82, 2.24) is 4.90 Å². The van der Waals surface area contributed by atoms with Crippen molar-refractivity contribution in [3.63, 3.8) is 0 Å². The van der Waals surface area contributed by atoms with E-state index in [1.165, 1.54) is 25.7 Å². The number of nitrogens with zero attached hydrogens (tertiary/aromatic N) is 1. The van der Waals surface area contributed by atoms with Crippen molar-refractivity contribution in [2.24, 2.45) is 17.6 Å². The SMILES string of the molecule is CCCC(C(=O)N1CCCC2CCCC21)C(N)=S. The molecule has 0 aromatic heterocycles. The molecule has 102 valence electrons. The van der Waals surface area contributed by atoms with E-state index in [1.807, 2.05) is 0 Å². The van der Waals surface area contributed by atoms with Crippen LogP contribution < -0.4 is 5.73 Å². The molecule has 0 aromatic rings. The fourth-order valence-corrected chi connectivity index (χ4v) is 3.82. The molecule has 3 unspecified atom stereocenters. The first kappa shape index (κ1) is 13.8. The molecule has 1 saturated carbocycles. The summed E-state index contributed by atoms with van der Waals surface area (Å²) in [5, 5.41) is 0. The number of nitrogens with two attached hydrogens (primary N) is 1. The maximum Gasteiger partial charge on any atom is 0.232 e. The van der Waals surface area contributed by atoms with E-state index < -0.39 is 0 Å². The highest BCUT2D eigenvalue weighted by Gasteiger charge is 2.39. The van der Waals surface area contributed by atoms with Crippen molar-refractivity contribution in [1.29, 1.82) is 0 Å². The van der Waals surface area contributed by atoms with Gasteiger partial charge in [0.15, 0.2) is 0 Å². The highest BCUT2D eigenvalue weighted by molar-refractivity contribution is 7.80. The van der Waals surface area contributed by atoms with Crippen molar-refractivity contribution in [3.05, 3.63) is 0 Å². The van der Waals surface area contributed by atoms with Crippen molar-refractivity contribution >= 4 is 23.1 Å². The van der Waals surface area contributed by atoms with Crippen molar-refractivity contribution in [2.45, 2.75) is 57.9 Å². The average Bonchev–Trinajstić information content (AvgIpc) is 2.82. The maximum atomic E-state index is 12.6. The minimum atomic E-state index is -0.232. The topological polar surface area (TPSA) is 46.3 Å². The summed E-state index contributed by atoms with van der Waals surface area (Å²) in [5.74, 6) is 0.696. The highest BCUT2D eigenvalue weighted by Crippen LogP contribution is 2.37. The molecule has 1 saturated heterocycles. The second-order valence-electron chi connectivity index (χ2n) is 5.68. The Balaban J connectivity index is 2.08. The van der Waals surface area contributed by atoms with E-state index in [0.717, 1.165) is 31.7 Å². The van der Waals surface area contributed by atoms with E-state index in [-0.39, 0.29) is 11.8 Å². The van der Waals surface area contributed by atoms with Gasteiger partial charge in [-0.05, 0) is 38.0 Å². The Morgan fingerprint density at radius 2 is 2.11 bits per heavy atom. The molecule has 2 rings (SSSR count). The molecule has 1 aliphatic heterocycles. The van der Waals surface area contributed by atoms with Crippen LogP contribution in [0.1, 0.15) is 51.9 Å². The number of carbonyl (C=O) groups excluding carboxylic acids is 1. The Kier molecular flexibility index (Phi) is 4.60. The molecule has 3 atom stereocenters. The molecule has 0 spiro atoms. The summed E-state index contributed by atoms with van der Waals surface area (Å²) in [5.41, 5.74) is 5.75. The van der Waals surface area contributed by atoms with Crippen LogP contribution in [0.5, 0.6) is 0 Å². The number of rotatable bonds is 4. The molecule has 0 aromatic carbocycles. The van der Waals surface area contributed by atoms with Gasteiger partial charge in [-0.3, -0.25) is 4.79 Å². The molecule has 1 heterocycles. The molecule has 3 nitrogen and oxygen atoms in total. The molecule has 2 fully saturated rings. The summed E-state index contributed by atoms with van der Waals surface area (Å²) in [6, 6.07) is 0.472. The number of hydrogen-bond donors (Lipinski definition) is 1. The third kappa shape index (κ3) is 2.68. The van der Waals surface area contributed by atoms with E-state index in [2.05, 4.69) is 11.8 Å². The lowest BCUT2D eigenvalue weighted by Crippen LogP contribution is -2.50. The third-order valence-electron chi connectivity index (χ3n) is 4.50. The Bertz CT molecular complexity index is 332. The molecule has 1 amide bonds. The van der Waals surface area contributed by atoms with E-state index in [4.69, 9.17) is 18.0 Å². The predicted molar refractivity (Wildman–Crippen MR) is 77.3 cm³/mol. The second kappa shape index (κ2) is 6.00. The van der Waals surface area contributed by atoms with Gasteiger partial charge in [-0.15, -0.1) is 0 Å². The second-order valence-corrected chi connectivity index (χ2v) is 6.15. The van der Waals surface area contributed by atoms with Crippen molar-refractivity contribution in [2.75, 3.05) is 6.54 Å². The molecule has 2 aliphatic rings. The quantitative estimate of drug-likeness (QED) is 0.797. The van der Waals surface area contributed by atoms with Gasteiger partial charge in [0.05, 0.1) is 10.9 Å². The van der Waals surface area contributed by atoms with Crippen LogP contribution in [-0.2, 0) is 4.79 Å². The van der Waals surface area contributed by atoms with Crippen LogP contribution in [0.4, 0.5) is 0 Å². The largest absolute Gasteiger partial charge is 0.393 e. The summed E-state index contributed by atoms with van der Waals surface area (Å²) in [6.07, 6.45) is 7.91. The normalized spacial score (nSPS) is 28.8. The monoisotopic (exact) mass is 268 g/mol. The van der Waals surface area contributed by atoms with E-state index in [0.29, 0.717) is 11.0 Å². The van der Waals surface area contributed by atoms with Crippen LogP contribution in [0.25, 0.3) is 0 Å². The summed E-state index contributed by atoms with van der Waals surface area (Å²) in [6.45, 7) is 2.98.